The molecule has 1 unspecified atom stereocenters. The summed E-state index contributed by atoms with van der Waals surface area (Å²) in [4.78, 5) is 10.8. The van der Waals surface area contributed by atoms with Gasteiger partial charge < -0.3 is 15.5 Å². The number of hydrogen-bond donors (Lipinski definition) is 2. The standard InChI is InChI=1S/C20H26FN5.HI/c1-3-22-20(24-13-16-7-4-6-15(2)12-16)25-17-9-11-26(14-17)19-18(21)8-5-10-23-19;/h4-8,10,12,17H,3,9,11,13-14H2,1-2H3,(H2,22,24,25);1H. The second kappa shape index (κ2) is 10.4. The molecular weight excluding hydrogens is 456 g/mol. The lowest BCUT2D eigenvalue weighted by atomic mass is 10.1. The largest absolute Gasteiger partial charge is 0.357 e. The van der Waals surface area contributed by atoms with Crippen LogP contribution in [-0.2, 0) is 6.54 Å². The molecule has 0 saturated carbocycles. The van der Waals surface area contributed by atoms with Gasteiger partial charge in [0, 0.05) is 31.9 Å². The van der Waals surface area contributed by atoms with Crippen LogP contribution in [0, 0.1) is 12.7 Å². The molecule has 0 amide bonds. The number of aromatic nitrogens is 1. The topological polar surface area (TPSA) is 52.6 Å². The summed E-state index contributed by atoms with van der Waals surface area (Å²) in [5.74, 6) is 0.953. The minimum Gasteiger partial charge on any atom is -0.357 e. The molecule has 1 aliphatic rings. The Labute approximate surface area is 177 Å². The lowest BCUT2D eigenvalue weighted by Gasteiger charge is -2.20. The van der Waals surface area contributed by atoms with Crippen LogP contribution >= 0.6 is 24.0 Å². The molecule has 27 heavy (non-hydrogen) atoms. The highest BCUT2D eigenvalue weighted by atomic mass is 127. The van der Waals surface area contributed by atoms with Crippen molar-refractivity contribution in [1.82, 2.24) is 15.6 Å². The number of halogens is 2. The van der Waals surface area contributed by atoms with E-state index in [2.05, 4.69) is 51.8 Å². The Morgan fingerprint density at radius 2 is 2.19 bits per heavy atom. The second-order valence-corrected chi connectivity index (χ2v) is 6.57. The molecule has 0 spiro atoms. The molecule has 1 saturated heterocycles. The minimum absolute atomic E-state index is 0. The molecule has 3 rings (SSSR count). The monoisotopic (exact) mass is 483 g/mol. The van der Waals surface area contributed by atoms with Gasteiger partial charge in [0.25, 0.3) is 0 Å². The van der Waals surface area contributed by atoms with Crippen molar-refractivity contribution >= 4 is 35.8 Å². The van der Waals surface area contributed by atoms with E-state index in [0.717, 1.165) is 25.5 Å². The molecule has 1 atom stereocenters. The van der Waals surface area contributed by atoms with E-state index < -0.39 is 0 Å². The van der Waals surface area contributed by atoms with Crippen LogP contribution in [-0.4, -0.2) is 36.6 Å². The van der Waals surface area contributed by atoms with Crippen molar-refractivity contribution in [2.24, 2.45) is 4.99 Å². The SMILES string of the molecule is CCNC(=NCc1cccc(C)c1)NC1CCN(c2ncccc2F)C1.I. The highest BCUT2D eigenvalue weighted by Crippen LogP contribution is 2.20. The van der Waals surface area contributed by atoms with E-state index >= 15 is 0 Å². The van der Waals surface area contributed by atoms with Gasteiger partial charge in [0.05, 0.1) is 6.54 Å². The molecule has 1 aromatic carbocycles. The van der Waals surface area contributed by atoms with Gasteiger partial charge in [-0.1, -0.05) is 29.8 Å². The van der Waals surface area contributed by atoms with E-state index in [1.807, 2.05) is 11.8 Å². The van der Waals surface area contributed by atoms with Gasteiger partial charge in [-0.3, -0.25) is 0 Å². The number of pyridine rings is 1. The number of benzene rings is 1. The first-order valence-corrected chi connectivity index (χ1v) is 9.11. The van der Waals surface area contributed by atoms with Crippen molar-refractivity contribution in [3.63, 3.8) is 0 Å². The molecule has 146 valence electrons. The summed E-state index contributed by atoms with van der Waals surface area (Å²) in [6, 6.07) is 11.7. The average molecular weight is 483 g/mol. The van der Waals surface area contributed by atoms with Gasteiger partial charge in [-0.05, 0) is 38.0 Å². The number of aryl methyl sites for hydroxylation is 1. The van der Waals surface area contributed by atoms with Crippen LogP contribution < -0.4 is 15.5 Å². The van der Waals surface area contributed by atoms with Crippen LogP contribution in [0.4, 0.5) is 10.2 Å². The summed E-state index contributed by atoms with van der Waals surface area (Å²) in [5, 5.41) is 6.76. The Kier molecular flexibility index (Phi) is 8.27. The van der Waals surface area contributed by atoms with Crippen LogP contribution in [0.25, 0.3) is 0 Å². The lowest BCUT2D eigenvalue weighted by Crippen LogP contribution is -2.44. The van der Waals surface area contributed by atoms with Crippen LogP contribution in [0.15, 0.2) is 47.6 Å². The van der Waals surface area contributed by atoms with Crippen LogP contribution in [0.1, 0.15) is 24.5 Å². The maximum absolute atomic E-state index is 13.9. The Bertz CT molecular complexity index is 768. The number of nitrogens with zero attached hydrogens (tertiary/aromatic N) is 3. The van der Waals surface area contributed by atoms with E-state index in [1.165, 1.54) is 17.2 Å². The number of anilines is 1. The molecule has 0 bridgehead atoms. The zero-order valence-corrected chi connectivity index (χ0v) is 18.1. The number of nitrogens with one attached hydrogen (secondary N) is 2. The van der Waals surface area contributed by atoms with Crippen molar-refractivity contribution in [3.8, 4) is 0 Å². The van der Waals surface area contributed by atoms with Gasteiger partial charge in [-0.2, -0.15) is 0 Å². The van der Waals surface area contributed by atoms with Gasteiger partial charge in [0.1, 0.15) is 0 Å². The Balaban J connectivity index is 0.00000261. The molecule has 1 fully saturated rings. The van der Waals surface area contributed by atoms with Gasteiger partial charge in [0.2, 0.25) is 0 Å². The van der Waals surface area contributed by atoms with E-state index in [9.17, 15) is 4.39 Å². The summed E-state index contributed by atoms with van der Waals surface area (Å²) >= 11 is 0. The Hall–Kier alpha value is -1.90. The number of hydrogen-bond acceptors (Lipinski definition) is 3. The van der Waals surface area contributed by atoms with Gasteiger partial charge in [-0.25, -0.2) is 14.4 Å². The van der Waals surface area contributed by atoms with E-state index in [1.54, 1.807) is 12.3 Å². The maximum Gasteiger partial charge on any atom is 0.191 e. The molecule has 2 N–H and O–H groups in total. The number of aliphatic imine (C=N–C) groups is 1. The third kappa shape index (κ3) is 6.05. The molecule has 2 heterocycles. The van der Waals surface area contributed by atoms with Gasteiger partial charge in [0.15, 0.2) is 17.6 Å². The Morgan fingerprint density at radius 3 is 2.93 bits per heavy atom. The quantitative estimate of drug-likeness (QED) is 0.389. The summed E-state index contributed by atoms with van der Waals surface area (Å²) in [6.45, 7) is 7.05. The fraction of sp³-hybridized carbons (Fsp3) is 0.400. The van der Waals surface area contributed by atoms with Crippen molar-refractivity contribution in [3.05, 3.63) is 59.5 Å². The molecular formula is C20H27FIN5. The summed E-state index contributed by atoms with van der Waals surface area (Å²) in [5.41, 5.74) is 2.42. The van der Waals surface area contributed by atoms with Crippen LogP contribution in [0.5, 0.6) is 0 Å². The summed E-state index contributed by atoms with van der Waals surface area (Å²) in [7, 11) is 0. The molecule has 0 aliphatic carbocycles. The Morgan fingerprint density at radius 1 is 1.33 bits per heavy atom. The highest BCUT2D eigenvalue weighted by molar-refractivity contribution is 14.0. The second-order valence-electron chi connectivity index (χ2n) is 6.57. The van der Waals surface area contributed by atoms with Crippen LogP contribution in [0.3, 0.4) is 0 Å². The highest BCUT2D eigenvalue weighted by Gasteiger charge is 2.25. The molecule has 1 aliphatic heterocycles. The molecule has 5 nitrogen and oxygen atoms in total. The van der Waals surface area contributed by atoms with Crippen molar-refractivity contribution in [1.29, 1.82) is 0 Å². The fourth-order valence-corrected chi connectivity index (χ4v) is 3.17. The van der Waals surface area contributed by atoms with E-state index in [-0.39, 0.29) is 35.8 Å². The summed E-state index contributed by atoms with van der Waals surface area (Å²) < 4.78 is 13.9. The molecule has 0 radical (unpaired) electrons. The van der Waals surface area contributed by atoms with E-state index in [4.69, 9.17) is 0 Å². The molecule has 7 heteroatoms. The first-order chi connectivity index (χ1) is 12.7. The lowest BCUT2D eigenvalue weighted by molar-refractivity contribution is 0.612. The first kappa shape index (κ1) is 21.4. The maximum atomic E-state index is 13.9. The van der Waals surface area contributed by atoms with Crippen LogP contribution in [0.2, 0.25) is 0 Å². The number of guanidine groups is 1. The predicted octanol–water partition coefficient (Wildman–Crippen LogP) is 3.48. The third-order valence-corrected chi connectivity index (χ3v) is 4.41. The van der Waals surface area contributed by atoms with E-state index in [0.29, 0.717) is 18.9 Å². The average Bonchev–Trinajstić information content (AvgIpc) is 3.09. The zero-order valence-electron chi connectivity index (χ0n) is 15.8. The summed E-state index contributed by atoms with van der Waals surface area (Å²) in [6.07, 6.45) is 2.55. The number of rotatable bonds is 5. The molecule has 1 aromatic heterocycles. The van der Waals surface area contributed by atoms with Gasteiger partial charge in [-0.15, -0.1) is 24.0 Å². The first-order valence-electron chi connectivity index (χ1n) is 9.11. The molecule has 2 aromatic rings. The normalized spacial score (nSPS) is 16.8. The predicted molar refractivity (Wildman–Crippen MR) is 119 cm³/mol. The fourth-order valence-electron chi connectivity index (χ4n) is 3.17. The van der Waals surface area contributed by atoms with Crippen molar-refractivity contribution < 1.29 is 4.39 Å². The third-order valence-electron chi connectivity index (χ3n) is 4.41. The smallest absolute Gasteiger partial charge is 0.191 e. The minimum atomic E-state index is -0.270. The van der Waals surface area contributed by atoms with Gasteiger partial charge >= 0.3 is 0 Å². The zero-order chi connectivity index (χ0) is 18.4. The van der Waals surface area contributed by atoms with Crippen molar-refractivity contribution in [2.45, 2.75) is 32.9 Å². The van der Waals surface area contributed by atoms with Crippen molar-refractivity contribution in [2.75, 3.05) is 24.5 Å².